The molecule has 0 aliphatic heterocycles. The summed E-state index contributed by atoms with van der Waals surface area (Å²) in [7, 11) is 1.74. The molecule has 0 saturated heterocycles. The number of carbonyl (C=O) groups excluding carboxylic acids is 1. The molecule has 0 aromatic carbocycles. The molecule has 1 unspecified atom stereocenters. The van der Waals surface area contributed by atoms with Crippen LogP contribution in [0.5, 0.6) is 0 Å². The van der Waals surface area contributed by atoms with Crippen molar-refractivity contribution in [1.29, 1.82) is 0 Å². The molecule has 0 spiro atoms. The van der Waals surface area contributed by atoms with Gasteiger partial charge in [0, 0.05) is 26.2 Å². The molecule has 0 bridgehead atoms. The van der Waals surface area contributed by atoms with Crippen LogP contribution in [0.1, 0.15) is 66.2 Å². The highest BCUT2D eigenvalue weighted by atomic mass is 16.6. The second-order valence-electron chi connectivity index (χ2n) is 7.85. The Hall–Kier alpha value is -0.810. The number of nitrogens with one attached hydrogen (secondary N) is 2. The van der Waals surface area contributed by atoms with E-state index in [9.17, 15) is 4.79 Å². The lowest BCUT2D eigenvalue weighted by Crippen LogP contribution is -2.38. The number of amides is 1. The van der Waals surface area contributed by atoms with Gasteiger partial charge in [-0.05, 0) is 58.3 Å². The van der Waals surface area contributed by atoms with Gasteiger partial charge in [-0.3, -0.25) is 0 Å². The maximum atomic E-state index is 11.6. The minimum absolute atomic E-state index is 0.339. The lowest BCUT2D eigenvalue weighted by Gasteiger charge is -2.23. The van der Waals surface area contributed by atoms with Crippen LogP contribution in [0.2, 0.25) is 0 Å². The van der Waals surface area contributed by atoms with Crippen LogP contribution in [-0.2, 0) is 9.47 Å². The van der Waals surface area contributed by atoms with E-state index in [0.717, 1.165) is 19.4 Å². The first-order valence-electron chi connectivity index (χ1n) is 8.99. The van der Waals surface area contributed by atoms with Gasteiger partial charge in [0.15, 0.2) is 0 Å². The molecule has 0 radical (unpaired) electrons. The molecule has 2 N–H and O–H groups in total. The molecule has 0 aromatic heterocycles. The van der Waals surface area contributed by atoms with E-state index >= 15 is 0 Å². The summed E-state index contributed by atoms with van der Waals surface area (Å²) in [5.41, 5.74) is 0.109. The monoisotopic (exact) mass is 328 g/mol. The lowest BCUT2D eigenvalue weighted by molar-refractivity contribution is 0.0526. The van der Waals surface area contributed by atoms with Crippen molar-refractivity contribution in [3.63, 3.8) is 0 Å². The van der Waals surface area contributed by atoms with E-state index in [2.05, 4.69) is 17.6 Å². The summed E-state index contributed by atoms with van der Waals surface area (Å²) in [6, 6.07) is 0.356. The van der Waals surface area contributed by atoms with Crippen molar-refractivity contribution in [3.8, 4) is 0 Å². The summed E-state index contributed by atoms with van der Waals surface area (Å²) >= 11 is 0. The van der Waals surface area contributed by atoms with Gasteiger partial charge in [0.1, 0.15) is 5.60 Å². The summed E-state index contributed by atoms with van der Waals surface area (Å²) in [6.07, 6.45) is 6.86. The first kappa shape index (κ1) is 20.2. The smallest absolute Gasteiger partial charge is 0.407 e. The molecule has 5 nitrogen and oxygen atoms in total. The van der Waals surface area contributed by atoms with E-state index in [1.807, 2.05) is 20.8 Å². The normalized spacial score (nSPS) is 17.6. The van der Waals surface area contributed by atoms with Gasteiger partial charge in [-0.25, -0.2) is 4.79 Å². The molecule has 0 aromatic rings. The van der Waals surface area contributed by atoms with Crippen LogP contribution >= 0.6 is 0 Å². The van der Waals surface area contributed by atoms with Gasteiger partial charge < -0.3 is 20.1 Å². The van der Waals surface area contributed by atoms with Crippen LogP contribution in [0.3, 0.4) is 0 Å². The Balaban J connectivity index is 2.19. The number of alkyl carbamates (subject to hydrolysis) is 1. The van der Waals surface area contributed by atoms with Gasteiger partial charge >= 0.3 is 6.09 Å². The van der Waals surface area contributed by atoms with Gasteiger partial charge in [-0.1, -0.05) is 13.3 Å². The number of hydrogen-bond donors (Lipinski definition) is 2. The molecular formula is C18H36N2O3. The van der Waals surface area contributed by atoms with Crippen LogP contribution in [0.25, 0.3) is 0 Å². The molecule has 1 saturated carbocycles. The van der Waals surface area contributed by atoms with Crippen molar-refractivity contribution in [1.82, 2.24) is 10.6 Å². The number of carbonyl (C=O) groups is 1. The first-order valence-corrected chi connectivity index (χ1v) is 8.99. The Morgan fingerprint density at radius 3 is 2.52 bits per heavy atom. The second kappa shape index (κ2) is 9.48. The average molecular weight is 328 g/mol. The van der Waals surface area contributed by atoms with Gasteiger partial charge in [0.2, 0.25) is 0 Å². The molecule has 1 aliphatic carbocycles. The molecule has 0 heterocycles. The number of methoxy groups -OCH3 is 1. The van der Waals surface area contributed by atoms with E-state index in [0.29, 0.717) is 24.6 Å². The fraction of sp³-hybridized carbons (Fsp3) is 0.944. The van der Waals surface area contributed by atoms with Gasteiger partial charge in [-0.2, -0.15) is 0 Å². The van der Waals surface area contributed by atoms with Crippen LogP contribution < -0.4 is 10.6 Å². The standard InChI is InChI=1S/C18H36N2O3/c1-6-9-18(10-11-18)14-20-15(13-22-5)8-7-12-19-16(21)23-17(2,3)4/h15,20H,6-14H2,1-5H3,(H,19,21). The van der Waals surface area contributed by atoms with Crippen molar-refractivity contribution >= 4 is 6.09 Å². The van der Waals surface area contributed by atoms with Gasteiger partial charge in [0.25, 0.3) is 0 Å². The molecule has 1 atom stereocenters. The minimum atomic E-state index is -0.442. The maximum Gasteiger partial charge on any atom is 0.407 e. The van der Waals surface area contributed by atoms with Crippen molar-refractivity contribution in [3.05, 3.63) is 0 Å². The van der Waals surface area contributed by atoms with Crippen molar-refractivity contribution in [2.24, 2.45) is 5.41 Å². The lowest BCUT2D eigenvalue weighted by atomic mass is 10.00. The van der Waals surface area contributed by atoms with E-state index in [-0.39, 0.29) is 6.09 Å². The zero-order valence-electron chi connectivity index (χ0n) is 15.7. The van der Waals surface area contributed by atoms with Crippen molar-refractivity contribution in [2.45, 2.75) is 77.9 Å². The summed E-state index contributed by atoms with van der Waals surface area (Å²) < 4.78 is 10.5. The minimum Gasteiger partial charge on any atom is -0.444 e. The van der Waals surface area contributed by atoms with E-state index < -0.39 is 5.60 Å². The predicted octanol–water partition coefficient (Wildman–Crippen LogP) is 3.48. The average Bonchev–Trinajstić information content (AvgIpc) is 3.19. The van der Waals surface area contributed by atoms with E-state index in [1.165, 1.54) is 25.7 Å². The van der Waals surface area contributed by atoms with Crippen molar-refractivity contribution < 1.29 is 14.3 Å². The predicted molar refractivity (Wildman–Crippen MR) is 93.7 cm³/mol. The fourth-order valence-electron chi connectivity index (χ4n) is 2.88. The third-order valence-corrected chi connectivity index (χ3v) is 4.27. The fourth-order valence-corrected chi connectivity index (χ4v) is 2.88. The zero-order chi connectivity index (χ0) is 17.3. The largest absolute Gasteiger partial charge is 0.444 e. The van der Waals surface area contributed by atoms with Gasteiger partial charge in [0.05, 0.1) is 6.61 Å². The Kier molecular flexibility index (Phi) is 8.34. The van der Waals surface area contributed by atoms with Gasteiger partial charge in [-0.15, -0.1) is 0 Å². The highest BCUT2D eigenvalue weighted by molar-refractivity contribution is 5.67. The SMILES string of the molecule is CCCC1(CNC(CCCNC(=O)OC(C)(C)C)COC)CC1. The quantitative estimate of drug-likeness (QED) is 0.570. The Labute approximate surface area is 141 Å². The molecule has 1 amide bonds. The maximum absolute atomic E-state index is 11.6. The number of rotatable bonds is 11. The van der Waals surface area contributed by atoms with Crippen LogP contribution in [0.15, 0.2) is 0 Å². The summed E-state index contributed by atoms with van der Waals surface area (Å²) in [5, 5.41) is 6.48. The molecule has 1 rings (SSSR count). The Morgan fingerprint density at radius 1 is 1.30 bits per heavy atom. The summed E-state index contributed by atoms with van der Waals surface area (Å²) in [4.78, 5) is 11.6. The number of ether oxygens (including phenoxy) is 2. The van der Waals surface area contributed by atoms with E-state index in [1.54, 1.807) is 7.11 Å². The van der Waals surface area contributed by atoms with Crippen LogP contribution in [0.4, 0.5) is 4.79 Å². The molecule has 1 fully saturated rings. The molecular weight excluding hydrogens is 292 g/mol. The summed E-state index contributed by atoms with van der Waals surface area (Å²) in [6.45, 7) is 10.3. The molecule has 136 valence electrons. The zero-order valence-corrected chi connectivity index (χ0v) is 15.7. The van der Waals surface area contributed by atoms with E-state index in [4.69, 9.17) is 9.47 Å². The number of hydrogen-bond acceptors (Lipinski definition) is 4. The molecule has 5 heteroatoms. The third kappa shape index (κ3) is 9.16. The highest BCUT2D eigenvalue weighted by Gasteiger charge is 2.41. The second-order valence-corrected chi connectivity index (χ2v) is 7.85. The topological polar surface area (TPSA) is 59.6 Å². The van der Waals surface area contributed by atoms with Crippen LogP contribution in [-0.4, -0.2) is 44.5 Å². The molecule has 1 aliphatic rings. The Morgan fingerprint density at radius 2 is 2.00 bits per heavy atom. The first-order chi connectivity index (χ1) is 10.8. The third-order valence-electron chi connectivity index (χ3n) is 4.27. The molecule has 23 heavy (non-hydrogen) atoms. The Bertz CT molecular complexity index is 349. The highest BCUT2D eigenvalue weighted by Crippen LogP contribution is 2.49. The summed E-state index contributed by atoms with van der Waals surface area (Å²) in [5.74, 6) is 0. The van der Waals surface area contributed by atoms with Crippen LogP contribution in [0, 0.1) is 5.41 Å². The van der Waals surface area contributed by atoms with Crippen molar-refractivity contribution in [2.75, 3.05) is 26.8 Å².